The average Bonchev–Trinajstić information content (AvgIpc) is 2.73. The Balaban J connectivity index is 3.12. The molecule has 0 aliphatic heterocycles. The van der Waals surface area contributed by atoms with Crippen molar-refractivity contribution in [2.24, 2.45) is 0 Å². The molecule has 0 saturated carbocycles. The molecule has 0 aromatic heterocycles. The Morgan fingerprint density at radius 3 is 2.38 bits per heavy atom. The predicted molar refractivity (Wildman–Crippen MR) is 123 cm³/mol. The minimum Gasteiger partial charge on any atom is -0.508 e. The summed E-state index contributed by atoms with van der Waals surface area (Å²) in [6, 6.07) is 3.23. The second-order valence-corrected chi connectivity index (χ2v) is 8.46. The van der Waals surface area contributed by atoms with Crippen LogP contribution in [-0.4, -0.2) is 77.4 Å². The molecule has 0 aliphatic rings. The molecule has 34 heavy (non-hydrogen) atoms. The van der Waals surface area contributed by atoms with E-state index in [0.29, 0.717) is 11.1 Å². The van der Waals surface area contributed by atoms with Crippen molar-refractivity contribution in [2.75, 3.05) is 32.8 Å². The molecule has 0 spiro atoms. The van der Waals surface area contributed by atoms with Crippen LogP contribution in [0.4, 0.5) is 4.79 Å². The van der Waals surface area contributed by atoms with Crippen LogP contribution in [0.3, 0.4) is 0 Å². The number of aliphatic hydroxyl groups is 1. The summed E-state index contributed by atoms with van der Waals surface area (Å²) in [5, 5.41) is 24.4. The first kappa shape index (κ1) is 28.7. The minimum atomic E-state index is -1.19. The predicted octanol–water partition coefficient (Wildman–Crippen LogP) is 1.16. The fourth-order valence-electron chi connectivity index (χ4n) is 3.01. The zero-order valence-corrected chi connectivity index (χ0v) is 20.3. The Morgan fingerprint density at radius 1 is 1.15 bits per heavy atom. The molecular formula is C23H35N3O8. The van der Waals surface area contributed by atoms with E-state index in [4.69, 9.17) is 9.47 Å². The number of aryl methyl sites for hydroxylation is 1. The lowest BCUT2D eigenvalue weighted by atomic mass is 10.0. The lowest BCUT2D eigenvalue weighted by Crippen LogP contribution is -2.49. The third-order valence-corrected chi connectivity index (χ3v) is 4.47. The second kappa shape index (κ2) is 13.4. The highest BCUT2D eigenvalue weighted by atomic mass is 16.6. The molecule has 0 aliphatic carbocycles. The maximum Gasteiger partial charge on any atom is 0.408 e. The number of rotatable bonds is 11. The van der Waals surface area contributed by atoms with Crippen LogP contribution in [0.1, 0.15) is 51.3 Å². The summed E-state index contributed by atoms with van der Waals surface area (Å²) in [4.78, 5) is 50.8. The quantitative estimate of drug-likeness (QED) is 0.343. The fraction of sp³-hybridized carbons (Fsp3) is 0.565. The third kappa shape index (κ3) is 9.65. The standard InChI is InChI=1S/C23H35N3O8/c1-6-33-19(30)9-10-24-21(31)20(16-7-8-17(28)15(2)13-16)26(11-12-27)18(29)14-25-22(32)34-23(3,4)5/h7-8,13,20,27-28H,6,9-12,14H2,1-5H3,(H,24,31)(H,25,32). The first-order valence-corrected chi connectivity index (χ1v) is 11.0. The Morgan fingerprint density at radius 2 is 1.82 bits per heavy atom. The summed E-state index contributed by atoms with van der Waals surface area (Å²) in [5.74, 6) is -1.72. The monoisotopic (exact) mass is 481 g/mol. The summed E-state index contributed by atoms with van der Waals surface area (Å²) >= 11 is 0. The van der Waals surface area contributed by atoms with Gasteiger partial charge in [-0.05, 0) is 57.9 Å². The molecule has 0 saturated heterocycles. The van der Waals surface area contributed by atoms with Crippen molar-refractivity contribution in [1.29, 1.82) is 0 Å². The normalized spacial score (nSPS) is 11.8. The van der Waals surface area contributed by atoms with E-state index in [1.54, 1.807) is 40.7 Å². The van der Waals surface area contributed by atoms with Crippen LogP contribution in [0.2, 0.25) is 0 Å². The van der Waals surface area contributed by atoms with Gasteiger partial charge in [-0.15, -0.1) is 0 Å². The fourth-order valence-corrected chi connectivity index (χ4v) is 3.01. The van der Waals surface area contributed by atoms with Gasteiger partial charge in [0.1, 0.15) is 23.9 Å². The molecule has 1 atom stereocenters. The Hall–Kier alpha value is -3.34. The Bertz CT molecular complexity index is 866. The molecule has 3 amide bonds. The van der Waals surface area contributed by atoms with Crippen molar-refractivity contribution in [2.45, 2.75) is 52.7 Å². The summed E-state index contributed by atoms with van der Waals surface area (Å²) < 4.78 is 9.97. The van der Waals surface area contributed by atoms with Crippen LogP contribution < -0.4 is 10.6 Å². The second-order valence-electron chi connectivity index (χ2n) is 8.46. The van der Waals surface area contributed by atoms with Gasteiger partial charge in [0.2, 0.25) is 11.8 Å². The number of phenols is 1. The maximum atomic E-state index is 13.1. The lowest BCUT2D eigenvalue weighted by molar-refractivity contribution is -0.143. The van der Waals surface area contributed by atoms with E-state index >= 15 is 0 Å². The summed E-state index contributed by atoms with van der Waals surface area (Å²) in [5.41, 5.74) is 0.0936. The van der Waals surface area contributed by atoms with E-state index in [1.165, 1.54) is 12.1 Å². The Labute approximate surface area is 199 Å². The number of hydrogen-bond acceptors (Lipinski definition) is 8. The topological polar surface area (TPSA) is 154 Å². The van der Waals surface area contributed by atoms with Gasteiger partial charge in [0.05, 0.1) is 19.6 Å². The van der Waals surface area contributed by atoms with Gasteiger partial charge in [0, 0.05) is 13.1 Å². The van der Waals surface area contributed by atoms with Crippen LogP contribution in [0.15, 0.2) is 18.2 Å². The van der Waals surface area contributed by atoms with Crippen LogP contribution in [0, 0.1) is 6.92 Å². The number of amides is 3. The van der Waals surface area contributed by atoms with Gasteiger partial charge >= 0.3 is 12.1 Å². The van der Waals surface area contributed by atoms with Crippen LogP contribution in [0.5, 0.6) is 5.75 Å². The van der Waals surface area contributed by atoms with E-state index in [9.17, 15) is 29.4 Å². The van der Waals surface area contributed by atoms with E-state index < -0.39 is 48.7 Å². The SMILES string of the molecule is CCOC(=O)CCNC(=O)C(c1ccc(O)c(C)c1)N(CCO)C(=O)CNC(=O)OC(C)(C)C. The van der Waals surface area contributed by atoms with Gasteiger partial charge in [0.25, 0.3) is 0 Å². The van der Waals surface area contributed by atoms with Crippen molar-refractivity contribution >= 4 is 23.9 Å². The number of aliphatic hydroxyl groups excluding tert-OH is 1. The smallest absolute Gasteiger partial charge is 0.408 e. The maximum absolute atomic E-state index is 13.1. The number of benzene rings is 1. The van der Waals surface area contributed by atoms with E-state index in [2.05, 4.69) is 10.6 Å². The zero-order valence-electron chi connectivity index (χ0n) is 20.3. The third-order valence-electron chi connectivity index (χ3n) is 4.47. The largest absolute Gasteiger partial charge is 0.508 e. The molecular weight excluding hydrogens is 446 g/mol. The summed E-state index contributed by atoms with van der Waals surface area (Å²) in [7, 11) is 0. The van der Waals surface area contributed by atoms with Gasteiger partial charge in [-0.1, -0.05) is 6.07 Å². The minimum absolute atomic E-state index is 0.0110. The van der Waals surface area contributed by atoms with E-state index in [-0.39, 0.29) is 31.9 Å². The summed E-state index contributed by atoms with van der Waals surface area (Å²) in [6.07, 6.45) is -0.865. The van der Waals surface area contributed by atoms with Crippen molar-refractivity contribution < 1.29 is 38.9 Å². The van der Waals surface area contributed by atoms with Crippen molar-refractivity contribution in [3.63, 3.8) is 0 Å². The molecule has 1 aromatic carbocycles. The average molecular weight is 482 g/mol. The molecule has 190 valence electrons. The molecule has 4 N–H and O–H groups in total. The molecule has 0 heterocycles. The number of carbonyl (C=O) groups is 4. The number of hydrogen-bond donors (Lipinski definition) is 4. The number of aromatic hydroxyl groups is 1. The molecule has 1 unspecified atom stereocenters. The number of esters is 1. The molecule has 1 aromatic rings. The highest BCUT2D eigenvalue weighted by Crippen LogP contribution is 2.26. The van der Waals surface area contributed by atoms with Gasteiger partial charge in [-0.25, -0.2) is 4.79 Å². The zero-order chi connectivity index (χ0) is 25.9. The lowest BCUT2D eigenvalue weighted by Gasteiger charge is -2.31. The molecule has 11 heteroatoms. The van der Waals surface area contributed by atoms with Crippen LogP contribution in [0.25, 0.3) is 0 Å². The molecule has 0 radical (unpaired) electrons. The molecule has 11 nitrogen and oxygen atoms in total. The molecule has 0 fully saturated rings. The number of nitrogens with one attached hydrogen (secondary N) is 2. The van der Waals surface area contributed by atoms with Gasteiger partial charge in [-0.3, -0.25) is 14.4 Å². The molecule has 1 rings (SSSR count). The van der Waals surface area contributed by atoms with Crippen molar-refractivity contribution in [3.8, 4) is 5.75 Å². The van der Waals surface area contributed by atoms with Crippen LogP contribution >= 0.6 is 0 Å². The first-order valence-electron chi connectivity index (χ1n) is 11.0. The number of nitrogens with zero attached hydrogens (tertiary/aromatic N) is 1. The van der Waals surface area contributed by atoms with Gasteiger partial charge in [0.15, 0.2) is 0 Å². The number of ether oxygens (including phenoxy) is 2. The van der Waals surface area contributed by atoms with Gasteiger partial charge < -0.3 is 35.2 Å². The number of phenolic OH excluding ortho intramolecular Hbond substituents is 1. The number of alkyl carbamates (subject to hydrolysis) is 1. The summed E-state index contributed by atoms with van der Waals surface area (Å²) in [6.45, 7) is 7.41. The van der Waals surface area contributed by atoms with Gasteiger partial charge in [-0.2, -0.15) is 0 Å². The molecule has 0 bridgehead atoms. The van der Waals surface area contributed by atoms with Crippen LogP contribution in [-0.2, 0) is 23.9 Å². The first-order chi connectivity index (χ1) is 15.9. The van der Waals surface area contributed by atoms with Crippen molar-refractivity contribution in [3.05, 3.63) is 29.3 Å². The highest BCUT2D eigenvalue weighted by molar-refractivity contribution is 5.90. The highest BCUT2D eigenvalue weighted by Gasteiger charge is 2.32. The number of carbonyl (C=O) groups excluding carboxylic acids is 4. The van der Waals surface area contributed by atoms with E-state index in [0.717, 1.165) is 4.90 Å². The van der Waals surface area contributed by atoms with Crippen molar-refractivity contribution in [1.82, 2.24) is 15.5 Å². The van der Waals surface area contributed by atoms with E-state index in [1.807, 2.05) is 0 Å². The Kier molecular flexibility index (Phi) is 11.3.